The summed E-state index contributed by atoms with van der Waals surface area (Å²) in [5.41, 5.74) is 0.506. The van der Waals surface area contributed by atoms with Gasteiger partial charge in [-0.25, -0.2) is 0 Å². The number of ether oxygens (including phenoxy) is 2. The summed E-state index contributed by atoms with van der Waals surface area (Å²) in [6, 6.07) is 0. The quantitative estimate of drug-likeness (QED) is 0.337. The molecule has 5 heteroatoms. The molecule has 9 atom stereocenters. The van der Waals surface area contributed by atoms with Gasteiger partial charge in [-0.1, -0.05) is 46.3 Å². The van der Waals surface area contributed by atoms with Gasteiger partial charge in [-0.15, -0.1) is 0 Å². The van der Waals surface area contributed by atoms with Gasteiger partial charge in [-0.05, 0) is 111 Å². The third-order valence-electron chi connectivity index (χ3n) is 13.5. The molecule has 0 aromatic rings. The van der Waals surface area contributed by atoms with E-state index in [1.54, 1.807) is 7.11 Å². The van der Waals surface area contributed by atoms with Crippen molar-refractivity contribution in [1.29, 1.82) is 0 Å². The van der Waals surface area contributed by atoms with Crippen molar-refractivity contribution in [2.24, 2.45) is 50.2 Å². The highest BCUT2D eigenvalue weighted by molar-refractivity contribution is 5.79. The van der Waals surface area contributed by atoms with Crippen LogP contribution in [0.25, 0.3) is 0 Å². The molecule has 0 amide bonds. The van der Waals surface area contributed by atoms with E-state index in [0.29, 0.717) is 12.3 Å². The average molecular weight is 515 g/mol. The molecule has 208 valence electrons. The van der Waals surface area contributed by atoms with Crippen LogP contribution in [0.4, 0.5) is 0 Å². The number of fused-ring (bicyclic) bond motifs is 7. The van der Waals surface area contributed by atoms with Gasteiger partial charge in [-0.3, -0.25) is 9.59 Å². The molecule has 5 aliphatic rings. The van der Waals surface area contributed by atoms with Crippen molar-refractivity contribution in [2.45, 2.75) is 112 Å². The maximum Gasteiger partial charge on any atom is 0.314 e. The van der Waals surface area contributed by atoms with Crippen molar-refractivity contribution in [2.75, 3.05) is 14.2 Å². The fraction of sp³-hybridized carbons (Fsp3) is 0.875. The van der Waals surface area contributed by atoms with Crippen LogP contribution in [-0.4, -0.2) is 37.4 Å². The molecule has 0 spiro atoms. The van der Waals surface area contributed by atoms with Crippen LogP contribution in [0.2, 0.25) is 0 Å². The molecule has 0 aromatic heterocycles. The number of esters is 2. The molecule has 5 aliphatic carbocycles. The van der Waals surface area contributed by atoms with Crippen LogP contribution in [0.3, 0.4) is 0 Å². The smallest absolute Gasteiger partial charge is 0.314 e. The summed E-state index contributed by atoms with van der Waals surface area (Å²) in [4.78, 5) is 26.5. The van der Waals surface area contributed by atoms with Crippen LogP contribution in [0, 0.1) is 50.2 Å². The lowest BCUT2D eigenvalue weighted by atomic mass is 9.33. The predicted octanol–water partition coefficient (Wildman–Crippen LogP) is 6.48. The van der Waals surface area contributed by atoms with Crippen molar-refractivity contribution < 1.29 is 24.2 Å². The first kappa shape index (κ1) is 27.2. The summed E-state index contributed by atoms with van der Waals surface area (Å²) in [5.74, 6) is 0.487. The lowest BCUT2D eigenvalue weighted by molar-refractivity contribution is -0.219. The molecule has 0 heterocycles. The maximum absolute atomic E-state index is 13.4. The molecular formula is C32H50O5. The van der Waals surface area contributed by atoms with Gasteiger partial charge in [-0.2, -0.15) is 0 Å². The van der Waals surface area contributed by atoms with Crippen molar-refractivity contribution in [3.63, 3.8) is 0 Å². The van der Waals surface area contributed by atoms with Crippen molar-refractivity contribution in [3.05, 3.63) is 11.6 Å². The zero-order valence-corrected chi connectivity index (χ0v) is 24.5. The van der Waals surface area contributed by atoms with E-state index in [-0.39, 0.29) is 45.4 Å². The van der Waals surface area contributed by atoms with Gasteiger partial charge in [0.25, 0.3) is 0 Å². The van der Waals surface area contributed by atoms with Gasteiger partial charge in [0.15, 0.2) is 0 Å². The van der Waals surface area contributed by atoms with Crippen LogP contribution in [-0.2, 0) is 19.1 Å². The summed E-state index contributed by atoms with van der Waals surface area (Å²) >= 11 is 0. The minimum Gasteiger partial charge on any atom is -0.469 e. The third kappa shape index (κ3) is 3.31. The minimum absolute atomic E-state index is 0.00555. The Morgan fingerprint density at radius 2 is 1.49 bits per heavy atom. The van der Waals surface area contributed by atoms with Gasteiger partial charge < -0.3 is 14.6 Å². The Labute approximate surface area is 224 Å². The fourth-order valence-electron chi connectivity index (χ4n) is 11.0. The summed E-state index contributed by atoms with van der Waals surface area (Å²) < 4.78 is 10.8. The number of aliphatic hydroxyl groups excluding tert-OH is 1. The number of aliphatic hydroxyl groups is 1. The molecule has 0 saturated heterocycles. The van der Waals surface area contributed by atoms with Crippen LogP contribution in [0.5, 0.6) is 0 Å². The Bertz CT molecular complexity index is 1010. The predicted molar refractivity (Wildman–Crippen MR) is 143 cm³/mol. The Balaban J connectivity index is 1.60. The second kappa shape index (κ2) is 8.32. The molecule has 0 aliphatic heterocycles. The van der Waals surface area contributed by atoms with E-state index in [9.17, 15) is 14.7 Å². The molecule has 4 fully saturated rings. The molecule has 5 nitrogen and oxygen atoms in total. The molecular weight excluding hydrogens is 464 g/mol. The molecule has 37 heavy (non-hydrogen) atoms. The number of hydrogen-bond acceptors (Lipinski definition) is 5. The first-order valence-corrected chi connectivity index (χ1v) is 14.7. The monoisotopic (exact) mass is 514 g/mol. The zero-order valence-electron chi connectivity index (χ0n) is 24.5. The van der Waals surface area contributed by atoms with E-state index in [1.807, 2.05) is 6.92 Å². The first-order valence-electron chi connectivity index (χ1n) is 14.7. The van der Waals surface area contributed by atoms with E-state index in [4.69, 9.17) is 9.47 Å². The summed E-state index contributed by atoms with van der Waals surface area (Å²) in [5, 5.41) is 11.1. The standard InChI is InChI=1S/C32H50O5/c1-27(2)15-17-32(26(35)37-8)18-16-29(4)20(21(32)19-27)9-10-22-28(3)13-12-24(33)31(6,25(34)36-7)23(28)11-14-30(22,29)5/h9,21-24,33H,10-19H2,1-8H3. The lowest BCUT2D eigenvalue weighted by Gasteiger charge is -2.71. The Hall–Kier alpha value is -1.36. The van der Waals surface area contributed by atoms with Crippen molar-refractivity contribution in [3.8, 4) is 0 Å². The van der Waals surface area contributed by atoms with E-state index >= 15 is 0 Å². The number of carbonyl (C=O) groups is 2. The molecule has 9 unspecified atom stereocenters. The van der Waals surface area contributed by atoms with E-state index in [2.05, 4.69) is 40.7 Å². The van der Waals surface area contributed by atoms with Crippen molar-refractivity contribution in [1.82, 2.24) is 0 Å². The van der Waals surface area contributed by atoms with Crippen LogP contribution in [0.15, 0.2) is 11.6 Å². The number of allylic oxidation sites excluding steroid dienone is 2. The summed E-state index contributed by atoms with van der Waals surface area (Å²) in [7, 11) is 3.02. The Kier molecular flexibility index (Phi) is 6.12. The van der Waals surface area contributed by atoms with Crippen LogP contribution in [0.1, 0.15) is 106 Å². The molecule has 0 radical (unpaired) electrons. The van der Waals surface area contributed by atoms with Gasteiger partial charge in [0, 0.05) is 0 Å². The SMILES string of the molecule is COC(=O)C12CCC(C)(C)CC1C1=CCC3C4(C)CCC(O)C(C)(C(=O)OC)C4CCC3(C)C1(C)CC2. The highest BCUT2D eigenvalue weighted by atomic mass is 16.5. The number of methoxy groups -OCH3 is 2. The number of hydrogen-bond donors (Lipinski definition) is 1. The Morgan fingerprint density at radius 3 is 2.14 bits per heavy atom. The second-order valence-corrected chi connectivity index (χ2v) is 15.2. The third-order valence-corrected chi connectivity index (χ3v) is 13.5. The van der Waals surface area contributed by atoms with Gasteiger partial charge in [0.1, 0.15) is 0 Å². The number of carbonyl (C=O) groups excluding carboxylic acids is 2. The second-order valence-electron chi connectivity index (χ2n) is 15.2. The first-order chi connectivity index (χ1) is 17.2. The molecule has 1 N–H and O–H groups in total. The minimum atomic E-state index is -0.867. The topological polar surface area (TPSA) is 72.8 Å². The van der Waals surface area contributed by atoms with Crippen molar-refractivity contribution >= 4 is 11.9 Å². The number of rotatable bonds is 2. The molecule has 5 rings (SSSR count). The average Bonchev–Trinajstić information content (AvgIpc) is 2.85. The van der Waals surface area contributed by atoms with Crippen LogP contribution < -0.4 is 0 Å². The molecule has 0 aromatic carbocycles. The summed E-state index contributed by atoms with van der Waals surface area (Å²) in [6.07, 6.45) is 11.3. The van der Waals surface area contributed by atoms with Gasteiger partial charge in [0.2, 0.25) is 0 Å². The van der Waals surface area contributed by atoms with E-state index in [1.165, 1.54) is 12.7 Å². The Morgan fingerprint density at radius 1 is 0.838 bits per heavy atom. The zero-order chi connectivity index (χ0) is 27.2. The van der Waals surface area contributed by atoms with Crippen LogP contribution >= 0.6 is 0 Å². The van der Waals surface area contributed by atoms with E-state index in [0.717, 1.165) is 57.8 Å². The largest absolute Gasteiger partial charge is 0.469 e. The van der Waals surface area contributed by atoms with Gasteiger partial charge in [0.05, 0.1) is 31.2 Å². The summed E-state index contributed by atoms with van der Waals surface area (Å²) in [6.45, 7) is 14.1. The maximum atomic E-state index is 13.4. The molecule has 0 bridgehead atoms. The normalized spacial score (nSPS) is 50.4. The van der Waals surface area contributed by atoms with E-state index < -0.39 is 16.9 Å². The fourth-order valence-corrected chi connectivity index (χ4v) is 11.0. The molecule has 4 saturated carbocycles. The highest BCUT2D eigenvalue weighted by Gasteiger charge is 2.70. The van der Waals surface area contributed by atoms with Gasteiger partial charge >= 0.3 is 11.9 Å². The lowest BCUT2D eigenvalue weighted by Crippen LogP contribution is -2.66. The highest BCUT2D eigenvalue weighted by Crippen LogP contribution is 2.75.